The zero-order chi connectivity index (χ0) is 14.4. The summed E-state index contributed by atoms with van der Waals surface area (Å²) in [5.41, 5.74) is 0. The number of hydrogen-bond acceptors (Lipinski definition) is 5. The topological polar surface area (TPSA) is 141 Å². The van der Waals surface area contributed by atoms with Crippen LogP contribution in [0.5, 0.6) is 5.75 Å². The molecule has 9 heteroatoms. The largest absolute Gasteiger partial charge is 0.507 e. The SMILES string of the molecule is NS(=O)(=O)c1ccc(O)c2c(S(N)(=O)=O)cccc12. The minimum Gasteiger partial charge on any atom is -0.507 e. The molecule has 0 saturated carbocycles. The molecule has 0 aromatic heterocycles. The van der Waals surface area contributed by atoms with Gasteiger partial charge in [-0.25, -0.2) is 27.1 Å². The molecular weight excluding hydrogens is 292 g/mol. The molecule has 7 nitrogen and oxygen atoms in total. The highest BCUT2D eigenvalue weighted by molar-refractivity contribution is 7.89. The van der Waals surface area contributed by atoms with Gasteiger partial charge in [0.1, 0.15) is 5.75 Å². The Morgan fingerprint density at radius 2 is 1.42 bits per heavy atom. The summed E-state index contributed by atoms with van der Waals surface area (Å²) in [6, 6.07) is 5.97. The maximum atomic E-state index is 11.4. The molecule has 2 aromatic carbocycles. The van der Waals surface area contributed by atoms with E-state index in [1.807, 2.05) is 0 Å². The minimum absolute atomic E-state index is 0.00553. The second-order valence-corrected chi connectivity index (χ2v) is 6.91. The van der Waals surface area contributed by atoms with Crippen LogP contribution in [-0.4, -0.2) is 21.9 Å². The van der Waals surface area contributed by atoms with E-state index < -0.39 is 25.8 Å². The van der Waals surface area contributed by atoms with Crippen molar-refractivity contribution < 1.29 is 21.9 Å². The Hall–Kier alpha value is -1.68. The number of nitrogens with two attached hydrogens (primary N) is 2. The van der Waals surface area contributed by atoms with Crippen molar-refractivity contribution >= 4 is 30.8 Å². The Bertz CT molecular complexity index is 872. The van der Waals surface area contributed by atoms with Crippen LogP contribution in [0.15, 0.2) is 40.1 Å². The number of benzene rings is 2. The molecule has 0 unspecified atom stereocenters. The first kappa shape index (κ1) is 13.7. The van der Waals surface area contributed by atoms with E-state index in [4.69, 9.17) is 10.3 Å². The lowest BCUT2D eigenvalue weighted by Gasteiger charge is -2.09. The van der Waals surface area contributed by atoms with Crippen molar-refractivity contribution in [3.63, 3.8) is 0 Å². The molecule has 0 aliphatic carbocycles. The molecule has 0 aliphatic heterocycles. The number of aromatic hydroxyl groups is 1. The first-order valence-corrected chi connectivity index (χ1v) is 8.02. The fraction of sp³-hybridized carbons (Fsp3) is 0. The first-order valence-electron chi connectivity index (χ1n) is 4.92. The molecule has 0 heterocycles. The number of hydrogen-bond donors (Lipinski definition) is 3. The van der Waals surface area contributed by atoms with Crippen LogP contribution in [-0.2, 0) is 20.0 Å². The van der Waals surface area contributed by atoms with Gasteiger partial charge in [-0.2, -0.15) is 0 Å². The number of rotatable bonds is 2. The van der Waals surface area contributed by atoms with E-state index in [1.54, 1.807) is 0 Å². The fourth-order valence-electron chi connectivity index (χ4n) is 1.81. The van der Waals surface area contributed by atoms with Gasteiger partial charge in [0.25, 0.3) is 0 Å². The third-order valence-corrected chi connectivity index (χ3v) is 4.48. The molecule has 0 aliphatic rings. The van der Waals surface area contributed by atoms with Crippen LogP contribution < -0.4 is 10.3 Å². The quantitative estimate of drug-likeness (QED) is 0.707. The smallest absolute Gasteiger partial charge is 0.238 e. The summed E-state index contributed by atoms with van der Waals surface area (Å²) in [4.78, 5) is -0.654. The summed E-state index contributed by atoms with van der Waals surface area (Å²) in [6.07, 6.45) is 0. The molecule has 102 valence electrons. The van der Waals surface area contributed by atoms with Gasteiger partial charge < -0.3 is 5.11 Å². The van der Waals surface area contributed by atoms with Crippen molar-refractivity contribution in [3.05, 3.63) is 30.3 Å². The number of phenols is 1. The van der Waals surface area contributed by atoms with Gasteiger partial charge >= 0.3 is 0 Å². The predicted molar refractivity (Wildman–Crippen MR) is 68.4 cm³/mol. The van der Waals surface area contributed by atoms with Crippen LogP contribution in [0.3, 0.4) is 0 Å². The Balaban J connectivity index is 3.09. The predicted octanol–water partition coefficient (Wildman–Crippen LogP) is -0.160. The normalized spacial score (nSPS) is 12.7. The van der Waals surface area contributed by atoms with Crippen molar-refractivity contribution in [3.8, 4) is 5.75 Å². The maximum Gasteiger partial charge on any atom is 0.238 e. The second kappa shape index (κ2) is 4.17. The Morgan fingerprint density at radius 1 is 0.842 bits per heavy atom. The van der Waals surface area contributed by atoms with E-state index in [-0.39, 0.29) is 20.6 Å². The van der Waals surface area contributed by atoms with Crippen LogP contribution in [0.1, 0.15) is 0 Å². The molecule has 0 saturated heterocycles. The van der Waals surface area contributed by atoms with Crippen molar-refractivity contribution in [1.82, 2.24) is 0 Å². The standard InChI is InChI=1S/C10H10N2O5S2/c11-18(14,15)8-5-4-7(13)10-6(8)2-1-3-9(10)19(12,16)17/h1-5,13H,(H2,11,14,15)(H2,12,16,17). The maximum absolute atomic E-state index is 11.4. The van der Waals surface area contributed by atoms with E-state index in [0.29, 0.717) is 0 Å². The first-order chi connectivity index (χ1) is 8.62. The van der Waals surface area contributed by atoms with Gasteiger partial charge in [0.2, 0.25) is 20.0 Å². The Morgan fingerprint density at radius 3 is 1.95 bits per heavy atom. The molecule has 0 bridgehead atoms. The summed E-state index contributed by atoms with van der Waals surface area (Å²) in [5, 5.41) is 19.6. The van der Waals surface area contributed by atoms with Crippen molar-refractivity contribution in [2.24, 2.45) is 10.3 Å². The van der Waals surface area contributed by atoms with E-state index in [2.05, 4.69) is 0 Å². The van der Waals surface area contributed by atoms with Crippen LogP contribution in [0.25, 0.3) is 10.8 Å². The highest BCUT2D eigenvalue weighted by atomic mass is 32.2. The summed E-state index contributed by atoms with van der Waals surface area (Å²) >= 11 is 0. The molecule has 0 amide bonds. The average molecular weight is 302 g/mol. The molecule has 2 aromatic rings. The van der Waals surface area contributed by atoms with E-state index >= 15 is 0 Å². The number of fused-ring (bicyclic) bond motifs is 1. The monoisotopic (exact) mass is 302 g/mol. The lowest BCUT2D eigenvalue weighted by Crippen LogP contribution is -2.15. The van der Waals surface area contributed by atoms with Gasteiger partial charge in [0.05, 0.1) is 9.79 Å². The van der Waals surface area contributed by atoms with E-state index in [9.17, 15) is 21.9 Å². The number of primary sulfonamides is 2. The van der Waals surface area contributed by atoms with Crippen LogP contribution >= 0.6 is 0 Å². The lowest BCUT2D eigenvalue weighted by molar-refractivity contribution is 0.480. The molecule has 19 heavy (non-hydrogen) atoms. The number of phenolic OH excluding ortho intramolecular Hbond substituents is 1. The third kappa shape index (κ3) is 2.40. The van der Waals surface area contributed by atoms with Gasteiger partial charge in [-0.05, 0) is 18.2 Å². The fourth-order valence-corrected chi connectivity index (χ4v) is 3.32. The van der Waals surface area contributed by atoms with Gasteiger partial charge in [0.15, 0.2) is 0 Å². The minimum atomic E-state index is -4.11. The van der Waals surface area contributed by atoms with E-state index in [0.717, 1.165) is 12.1 Å². The second-order valence-electron chi connectivity index (χ2n) is 3.85. The zero-order valence-corrected chi connectivity index (χ0v) is 11.1. The van der Waals surface area contributed by atoms with Gasteiger partial charge in [-0.1, -0.05) is 12.1 Å². The van der Waals surface area contributed by atoms with Crippen LogP contribution in [0.2, 0.25) is 0 Å². The van der Waals surface area contributed by atoms with Gasteiger partial charge in [0, 0.05) is 10.8 Å². The molecule has 0 atom stereocenters. The third-order valence-electron chi connectivity index (χ3n) is 2.55. The molecule has 0 spiro atoms. The van der Waals surface area contributed by atoms with Crippen molar-refractivity contribution in [2.45, 2.75) is 9.79 Å². The molecular formula is C10H10N2O5S2. The van der Waals surface area contributed by atoms with Gasteiger partial charge in [-0.3, -0.25) is 0 Å². The summed E-state index contributed by atoms with van der Waals surface area (Å²) < 4.78 is 45.8. The summed E-state index contributed by atoms with van der Waals surface area (Å²) in [7, 11) is -8.16. The molecule has 5 N–H and O–H groups in total. The molecule has 2 rings (SSSR count). The Kier molecular flexibility index (Phi) is 3.01. The average Bonchev–Trinajstić information content (AvgIpc) is 2.25. The molecule has 0 fully saturated rings. The lowest BCUT2D eigenvalue weighted by atomic mass is 10.1. The van der Waals surface area contributed by atoms with E-state index in [1.165, 1.54) is 18.2 Å². The zero-order valence-electron chi connectivity index (χ0n) is 9.44. The van der Waals surface area contributed by atoms with Crippen molar-refractivity contribution in [1.29, 1.82) is 0 Å². The highest BCUT2D eigenvalue weighted by Gasteiger charge is 2.20. The van der Waals surface area contributed by atoms with Crippen molar-refractivity contribution in [2.75, 3.05) is 0 Å². The van der Waals surface area contributed by atoms with Gasteiger partial charge in [-0.15, -0.1) is 0 Å². The summed E-state index contributed by atoms with van der Waals surface area (Å²) in [6.45, 7) is 0. The van der Waals surface area contributed by atoms with Crippen LogP contribution in [0, 0.1) is 0 Å². The van der Waals surface area contributed by atoms with Crippen LogP contribution in [0.4, 0.5) is 0 Å². The number of sulfonamides is 2. The summed E-state index contributed by atoms with van der Waals surface area (Å²) in [5.74, 6) is -0.396. The molecule has 0 radical (unpaired) electrons. The highest BCUT2D eigenvalue weighted by Crippen LogP contribution is 2.34. The Labute approximate surface area is 109 Å².